The average molecular weight is 250 g/mol. The number of nitriles is 1. The van der Waals surface area contributed by atoms with Gasteiger partial charge in [0.15, 0.2) is 5.78 Å². The first-order valence-electron chi connectivity index (χ1n) is 6.13. The summed E-state index contributed by atoms with van der Waals surface area (Å²) in [5.74, 6) is 0.139. The van der Waals surface area contributed by atoms with Crippen LogP contribution in [0.5, 0.6) is 0 Å². The van der Waals surface area contributed by atoms with Gasteiger partial charge in [0.1, 0.15) is 0 Å². The largest absolute Gasteiger partial charge is 0.289 e. The fraction of sp³-hybridized carbons (Fsp3) is 0.188. The quantitative estimate of drug-likeness (QED) is 0.785. The summed E-state index contributed by atoms with van der Waals surface area (Å²) < 4.78 is 0. The first-order chi connectivity index (χ1) is 9.13. The Morgan fingerprint density at radius 3 is 2.47 bits per heavy atom. The van der Waals surface area contributed by atoms with Gasteiger partial charge in [0.25, 0.3) is 0 Å². The Bertz CT molecular complexity index is 637. The lowest BCUT2D eigenvalue weighted by Crippen LogP contribution is -2.08. The molecule has 0 radical (unpaired) electrons. The van der Waals surface area contributed by atoms with Crippen molar-refractivity contribution in [2.24, 2.45) is 0 Å². The highest BCUT2D eigenvalue weighted by molar-refractivity contribution is 6.09. The number of rotatable bonds is 3. The minimum absolute atomic E-state index is 0.0544. The number of ketones is 1. The summed E-state index contributed by atoms with van der Waals surface area (Å²) in [7, 11) is 0. The Kier molecular flexibility index (Phi) is 3.72. The Hall–Kier alpha value is -2.47. The van der Waals surface area contributed by atoms with Crippen molar-refractivity contribution in [2.75, 3.05) is 0 Å². The molecule has 2 aromatic rings. The Morgan fingerprint density at radius 1 is 1.21 bits per heavy atom. The molecule has 3 nitrogen and oxygen atoms in total. The van der Waals surface area contributed by atoms with Crippen LogP contribution in [0.25, 0.3) is 0 Å². The molecule has 3 heteroatoms. The minimum atomic E-state index is -0.0544. The predicted octanol–water partition coefficient (Wildman–Crippen LogP) is 3.31. The summed E-state index contributed by atoms with van der Waals surface area (Å²) >= 11 is 0. The van der Waals surface area contributed by atoms with E-state index < -0.39 is 0 Å². The zero-order chi connectivity index (χ0) is 13.8. The summed E-state index contributed by atoms with van der Waals surface area (Å²) in [6.45, 7) is 4.02. The second-order valence-corrected chi connectivity index (χ2v) is 4.61. The van der Waals surface area contributed by atoms with Crippen molar-refractivity contribution in [3.05, 3.63) is 65.0 Å². The first-order valence-corrected chi connectivity index (χ1v) is 6.13. The molecule has 0 spiro atoms. The lowest BCUT2D eigenvalue weighted by Gasteiger charge is -2.10. The monoisotopic (exact) mass is 250 g/mol. The summed E-state index contributed by atoms with van der Waals surface area (Å²) in [6.07, 6.45) is 1.70. The molecule has 0 bridgehead atoms. The maximum Gasteiger partial charge on any atom is 0.194 e. The van der Waals surface area contributed by atoms with Gasteiger partial charge in [0.05, 0.1) is 17.3 Å². The van der Waals surface area contributed by atoms with Crippen LogP contribution < -0.4 is 0 Å². The van der Waals surface area contributed by atoms with Gasteiger partial charge >= 0.3 is 0 Å². The third kappa shape index (κ3) is 2.69. The summed E-state index contributed by atoms with van der Waals surface area (Å²) in [5.41, 5.74) is 2.56. The number of carbonyl (C=O) groups is 1. The lowest BCUT2D eigenvalue weighted by molar-refractivity contribution is 0.103. The van der Waals surface area contributed by atoms with E-state index in [0.29, 0.717) is 16.7 Å². The van der Waals surface area contributed by atoms with Crippen molar-refractivity contribution < 1.29 is 4.79 Å². The topological polar surface area (TPSA) is 53.8 Å². The molecule has 19 heavy (non-hydrogen) atoms. The molecular weight excluding hydrogens is 236 g/mol. The van der Waals surface area contributed by atoms with Crippen molar-refractivity contribution in [2.45, 2.75) is 19.8 Å². The zero-order valence-electron chi connectivity index (χ0n) is 10.9. The van der Waals surface area contributed by atoms with Crippen LogP contribution in [0.3, 0.4) is 0 Å². The Labute approximate surface area is 112 Å². The minimum Gasteiger partial charge on any atom is -0.289 e. The van der Waals surface area contributed by atoms with Gasteiger partial charge in [-0.25, -0.2) is 0 Å². The van der Waals surface area contributed by atoms with Gasteiger partial charge < -0.3 is 0 Å². The van der Waals surface area contributed by atoms with Gasteiger partial charge in [-0.3, -0.25) is 9.78 Å². The number of carbonyl (C=O) groups excluding carboxylic acids is 1. The van der Waals surface area contributed by atoms with Crippen LogP contribution in [0.1, 0.15) is 46.9 Å². The number of hydrogen-bond acceptors (Lipinski definition) is 3. The molecule has 0 amide bonds. The molecule has 0 saturated heterocycles. The highest BCUT2D eigenvalue weighted by Crippen LogP contribution is 2.19. The number of benzene rings is 1. The molecule has 0 aliphatic carbocycles. The van der Waals surface area contributed by atoms with E-state index in [1.165, 1.54) is 0 Å². The van der Waals surface area contributed by atoms with Crippen molar-refractivity contribution in [1.29, 1.82) is 5.26 Å². The fourth-order valence-electron chi connectivity index (χ4n) is 1.92. The Balaban J connectivity index is 2.41. The highest BCUT2D eigenvalue weighted by atomic mass is 16.1. The van der Waals surface area contributed by atoms with Gasteiger partial charge in [0, 0.05) is 17.3 Å². The molecule has 1 heterocycles. The second-order valence-electron chi connectivity index (χ2n) is 4.61. The number of hydrogen-bond donors (Lipinski definition) is 0. The number of nitrogens with zero attached hydrogens (tertiary/aromatic N) is 2. The van der Waals surface area contributed by atoms with Gasteiger partial charge in [0.2, 0.25) is 0 Å². The van der Waals surface area contributed by atoms with Crippen LogP contribution >= 0.6 is 0 Å². The van der Waals surface area contributed by atoms with E-state index in [2.05, 4.69) is 4.98 Å². The molecule has 0 unspecified atom stereocenters. The molecule has 1 aromatic heterocycles. The maximum atomic E-state index is 12.4. The van der Waals surface area contributed by atoms with Crippen molar-refractivity contribution in [3.8, 4) is 6.07 Å². The van der Waals surface area contributed by atoms with Crippen molar-refractivity contribution in [1.82, 2.24) is 4.98 Å². The molecule has 0 atom stereocenters. The van der Waals surface area contributed by atoms with Crippen LogP contribution in [0.4, 0.5) is 0 Å². The van der Waals surface area contributed by atoms with Gasteiger partial charge in [-0.05, 0) is 42.3 Å². The third-order valence-corrected chi connectivity index (χ3v) is 2.91. The summed E-state index contributed by atoms with van der Waals surface area (Å²) in [4.78, 5) is 16.7. The predicted molar refractivity (Wildman–Crippen MR) is 72.9 cm³/mol. The molecule has 0 saturated carbocycles. The second kappa shape index (κ2) is 5.45. The molecular formula is C16H14N2O. The van der Waals surface area contributed by atoms with E-state index in [1.54, 1.807) is 42.6 Å². The van der Waals surface area contributed by atoms with Crippen molar-refractivity contribution in [3.63, 3.8) is 0 Å². The normalized spacial score (nSPS) is 10.2. The molecule has 2 rings (SSSR count). The van der Waals surface area contributed by atoms with E-state index in [0.717, 1.165) is 5.69 Å². The summed E-state index contributed by atoms with van der Waals surface area (Å²) in [6, 6.07) is 12.3. The third-order valence-electron chi connectivity index (χ3n) is 2.91. The van der Waals surface area contributed by atoms with E-state index in [-0.39, 0.29) is 11.7 Å². The smallest absolute Gasteiger partial charge is 0.194 e. The number of aromatic nitrogens is 1. The van der Waals surface area contributed by atoms with E-state index in [1.807, 2.05) is 19.9 Å². The van der Waals surface area contributed by atoms with Crippen LogP contribution in [0.2, 0.25) is 0 Å². The SMILES string of the molecule is CC(C)c1ncccc1C(=O)c1ccc(C#N)cc1. The van der Waals surface area contributed by atoms with Gasteiger partial charge in [-0.1, -0.05) is 13.8 Å². The van der Waals surface area contributed by atoms with Gasteiger partial charge in [-0.2, -0.15) is 5.26 Å². The van der Waals surface area contributed by atoms with Crippen LogP contribution in [0, 0.1) is 11.3 Å². The number of pyridine rings is 1. The van der Waals surface area contributed by atoms with Gasteiger partial charge in [-0.15, -0.1) is 0 Å². The molecule has 0 N–H and O–H groups in total. The maximum absolute atomic E-state index is 12.4. The van der Waals surface area contributed by atoms with Crippen LogP contribution in [-0.2, 0) is 0 Å². The highest BCUT2D eigenvalue weighted by Gasteiger charge is 2.16. The molecule has 0 aliphatic heterocycles. The lowest BCUT2D eigenvalue weighted by atomic mass is 9.96. The molecule has 0 aliphatic rings. The Morgan fingerprint density at radius 2 is 1.89 bits per heavy atom. The standard InChI is InChI=1S/C16H14N2O/c1-11(2)15-14(4-3-9-18-15)16(19)13-7-5-12(10-17)6-8-13/h3-9,11H,1-2H3. The fourth-order valence-corrected chi connectivity index (χ4v) is 1.92. The van der Waals surface area contributed by atoms with E-state index in [4.69, 9.17) is 5.26 Å². The van der Waals surface area contributed by atoms with Crippen molar-refractivity contribution >= 4 is 5.78 Å². The van der Waals surface area contributed by atoms with E-state index >= 15 is 0 Å². The first kappa shape index (κ1) is 13.0. The zero-order valence-corrected chi connectivity index (χ0v) is 10.9. The van der Waals surface area contributed by atoms with Crippen LogP contribution in [-0.4, -0.2) is 10.8 Å². The molecule has 94 valence electrons. The van der Waals surface area contributed by atoms with E-state index in [9.17, 15) is 4.79 Å². The average Bonchev–Trinajstić information content (AvgIpc) is 2.46. The van der Waals surface area contributed by atoms with Crippen LogP contribution in [0.15, 0.2) is 42.6 Å². The summed E-state index contributed by atoms with van der Waals surface area (Å²) in [5, 5.41) is 8.76. The molecule has 0 fully saturated rings. The molecule has 1 aromatic carbocycles.